The smallest absolute Gasteiger partial charge is 0.323 e. The summed E-state index contributed by atoms with van der Waals surface area (Å²) in [4.78, 5) is 36.0. The normalized spacial score (nSPS) is 19.1. The molecule has 1 rings (SSSR count). The van der Waals surface area contributed by atoms with E-state index in [1.54, 1.807) is 4.90 Å². The Kier molecular flexibility index (Phi) is 4.30. The number of amides is 3. The number of carbonyl (C=O) groups excluding carboxylic acids is 2. The Bertz CT molecular complexity index is 316. The molecule has 7 heteroatoms. The van der Waals surface area contributed by atoms with Gasteiger partial charge in [-0.3, -0.25) is 9.59 Å². The fraction of sp³-hybridized carbons (Fsp3) is 0.700. The summed E-state index contributed by atoms with van der Waals surface area (Å²) in [6.07, 6.45) is 1.79. The predicted molar refractivity (Wildman–Crippen MR) is 59.2 cm³/mol. The van der Waals surface area contributed by atoms with E-state index in [-0.39, 0.29) is 12.6 Å². The third kappa shape index (κ3) is 3.61. The minimum Gasteiger partial charge on any atom is -0.480 e. The summed E-state index contributed by atoms with van der Waals surface area (Å²) in [5.74, 6) is -1.88. The summed E-state index contributed by atoms with van der Waals surface area (Å²) < 4.78 is 0. The number of primary amides is 1. The van der Waals surface area contributed by atoms with E-state index in [1.165, 1.54) is 0 Å². The minimum absolute atomic E-state index is 0.0756. The van der Waals surface area contributed by atoms with E-state index in [0.717, 1.165) is 17.7 Å². The average molecular weight is 243 g/mol. The Morgan fingerprint density at radius 1 is 1.41 bits per heavy atom. The molecule has 3 amide bonds. The highest BCUT2D eigenvalue weighted by Crippen LogP contribution is 2.18. The molecule has 1 unspecified atom stereocenters. The second kappa shape index (κ2) is 5.51. The zero-order valence-electron chi connectivity index (χ0n) is 9.76. The summed E-state index contributed by atoms with van der Waals surface area (Å²) in [5.41, 5.74) is 5.00. The molecule has 0 saturated carbocycles. The average Bonchev–Trinajstić information content (AvgIpc) is 2.61. The first kappa shape index (κ1) is 13.3. The van der Waals surface area contributed by atoms with Crippen LogP contribution in [0.3, 0.4) is 0 Å². The Morgan fingerprint density at radius 3 is 2.47 bits per heavy atom. The number of carbonyl (C=O) groups is 3. The Balaban J connectivity index is 2.70. The molecule has 0 aromatic rings. The number of urea groups is 1. The molecule has 1 atom stereocenters. The maximum absolute atomic E-state index is 12.0. The van der Waals surface area contributed by atoms with Crippen LogP contribution in [0, 0.1) is 0 Å². The van der Waals surface area contributed by atoms with Gasteiger partial charge in [0, 0.05) is 12.6 Å². The first-order valence-corrected chi connectivity index (χ1v) is 5.47. The van der Waals surface area contributed by atoms with E-state index >= 15 is 0 Å². The van der Waals surface area contributed by atoms with Gasteiger partial charge in [0.1, 0.15) is 13.1 Å². The Morgan fingerprint density at radius 2 is 2.06 bits per heavy atom. The molecule has 0 aromatic carbocycles. The van der Waals surface area contributed by atoms with Crippen LogP contribution >= 0.6 is 0 Å². The van der Waals surface area contributed by atoms with Crippen LogP contribution in [-0.2, 0) is 9.59 Å². The van der Waals surface area contributed by atoms with Gasteiger partial charge in [-0.15, -0.1) is 0 Å². The van der Waals surface area contributed by atoms with Crippen molar-refractivity contribution in [3.05, 3.63) is 0 Å². The number of carboxylic acids is 1. The molecule has 7 nitrogen and oxygen atoms in total. The first-order chi connectivity index (χ1) is 7.91. The molecular weight excluding hydrogens is 226 g/mol. The third-order valence-electron chi connectivity index (χ3n) is 2.74. The van der Waals surface area contributed by atoms with Gasteiger partial charge >= 0.3 is 12.0 Å². The molecule has 0 bridgehead atoms. The highest BCUT2D eigenvalue weighted by molar-refractivity contribution is 5.86. The molecule has 96 valence electrons. The van der Waals surface area contributed by atoms with Crippen LogP contribution in [0.25, 0.3) is 0 Å². The van der Waals surface area contributed by atoms with Gasteiger partial charge in [0.25, 0.3) is 0 Å². The maximum atomic E-state index is 12.0. The van der Waals surface area contributed by atoms with E-state index < -0.39 is 24.5 Å². The lowest BCUT2D eigenvalue weighted by Crippen LogP contribution is -2.49. The number of carboxylic acid groups (broad SMARTS) is 1. The number of likely N-dealkylation sites (tertiary alicyclic amines) is 1. The quantitative estimate of drug-likeness (QED) is 0.692. The van der Waals surface area contributed by atoms with Crippen molar-refractivity contribution in [3.63, 3.8) is 0 Å². The van der Waals surface area contributed by atoms with Crippen molar-refractivity contribution in [1.29, 1.82) is 0 Å². The first-order valence-electron chi connectivity index (χ1n) is 5.47. The van der Waals surface area contributed by atoms with Crippen molar-refractivity contribution >= 4 is 17.9 Å². The molecule has 1 heterocycles. The lowest BCUT2D eigenvalue weighted by Gasteiger charge is -2.28. The van der Waals surface area contributed by atoms with Crippen molar-refractivity contribution in [2.45, 2.75) is 25.8 Å². The Hall–Kier alpha value is -1.79. The lowest BCUT2D eigenvalue weighted by atomic mass is 10.2. The number of hydrogen-bond donors (Lipinski definition) is 2. The summed E-state index contributed by atoms with van der Waals surface area (Å²) in [5, 5.41) is 8.69. The molecular formula is C10H17N3O4. The molecule has 1 saturated heterocycles. The van der Waals surface area contributed by atoms with E-state index in [4.69, 9.17) is 10.8 Å². The van der Waals surface area contributed by atoms with Crippen molar-refractivity contribution in [2.24, 2.45) is 5.73 Å². The monoisotopic (exact) mass is 243 g/mol. The summed E-state index contributed by atoms with van der Waals surface area (Å²) in [6, 6.07) is -0.358. The largest absolute Gasteiger partial charge is 0.480 e. The molecule has 1 fully saturated rings. The van der Waals surface area contributed by atoms with Crippen LogP contribution in [0.15, 0.2) is 0 Å². The number of nitrogens with two attached hydrogens (primary N) is 1. The van der Waals surface area contributed by atoms with Gasteiger partial charge in [0.15, 0.2) is 0 Å². The van der Waals surface area contributed by atoms with E-state index in [2.05, 4.69) is 0 Å². The second-order valence-electron chi connectivity index (χ2n) is 4.18. The predicted octanol–water partition coefficient (Wildman–Crippen LogP) is -0.537. The van der Waals surface area contributed by atoms with Gasteiger partial charge in [0.05, 0.1) is 0 Å². The van der Waals surface area contributed by atoms with E-state index in [1.807, 2.05) is 6.92 Å². The van der Waals surface area contributed by atoms with Gasteiger partial charge in [-0.1, -0.05) is 0 Å². The standard InChI is InChI=1S/C10H17N3O4/c1-7-3-2-4-13(7)10(17)12(5-8(11)14)6-9(15)16/h7H,2-6H2,1H3,(H2,11,14)(H,15,16). The van der Waals surface area contributed by atoms with Gasteiger partial charge in [-0.05, 0) is 19.8 Å². The van der Waals surface area contributed by atoms with Crippen molar-refractivity contribution in [3.8, 4) is 0 Å². The molecule has 3 N–H and O–H groups in total. The van der Waals surface area contributed by atoms with Crippen LogP contribution < -0.4 is 5.73 Å². The van der Waals surface area contributed by atoms with E-state index in [9.17, 15) is 14.4 Å². The molecule has 1 aliphatic heterocycles. The van der Waals surface area contributed by atoms with Gasteiger partial charge in [-0.25, -0.2) is 4.79 Å². The molecule has 0 spiro atoms. The topological polar surface area (TPSA) is 104 Å². The number of rotatable bonds is 4. The Labute approximate surface area is 99.2 Å². The van der Waals surface area contributed by atoms with Crippen molar-refractivity contribution in [2.75, 3.05) is 19.6 Å². The molecule has 17 heavy (non-hydrogen) atoms. The van der Waals surface area contributed by atoms with Crippen LogP contribution in [0.5, 0.6) is 0 Å². The van der Waals surface area contributed by atoms with E-state index in [0.29, 0.717) is 6.54 Å². The number of hydrogen-bond acceptors (Lipinski definition) is 3. The van der Waals surface area contributed by atoms with Crippen molar-refractivity contribution < 1.29 is 19.5 Å². The van der Waals surface area contributed by atoms with Crippen LogP contribution in [0.2, 0.25) is 0 Å². The zero-order valence-corrected chi connectivity index (χ0v) is 9.76. The van der Waals surface area contributed by atoms with Crippen LogP contribution in [0.4, 0.5) is 4.79 Å². The third-order valence-corrected chi connectivity index (χ3v) is 2.74. The molecule has 0 aromatic heterocycles. The van der Waals surface area contributed by atoms with Gasteiger partial charge in [-0.2, -0.15) is 0 Å². The SMILES string of the molecule is CC1CCCN1C(=O)N(CC(N)=O)CC(=O)O. The van der Waals surface area contributed by atoms with Crippen molar-refractivity contribution in [1.82, 2.24) is 9.80 Å². The van der Waals surface area contributed by atoms with Gasteiger partial charge < -0.3 is 20.6 Å². The zero-order chi connectivity index (χ0) is 13.0. The molecule has 1 aliphatic rings. The second-order valence-corrected chi connectivity index (χ2v) is 4.18. The highest BCUT2D eigenvalue weighted by atomic mass is 16.4. The summed E-state index contributed by atoms with van der Waals surface area (Å²) in [7, 11) is 0. The fourth-order valence-electron chi connectivity index (χ4n) is 1.94. The summed E-state index contributed by atoms with van der Waals surface area (Å²) in [6.45, 7) is 1.61. The van der Waals surface area contributed by atoms with Gasteiger partial charge in [0.2, 0.25) is 5.91 Å². The lowest BCUT2D eigenvalue weighted by molar-refractivity contribution is -0.138. The minimum atomic E-state index is -1.16. The molecule has 0 aliphatic carbocycles. The van der Waals surface area contributed by atoms with Crippen LogP contribution in [-0.4, -0.2) is 58.5 Å². The van der Waals surface area contributed by atoms with Crippen LogP contribution in [0.1, 0.15) is 19.8 Å². The number of aliphatic carboxylic acids is 1. The molecule has 0 radical (unpaired) electrons. The maximum Gasteiger partial charge on any atom is 0.323 e. The highest BCUT2D eigenvalue weighted by Gasteiger charge is 2.30. The summed E-state index contributed by atoms with van der Waals surface area (Å²) >= 11 is 0. The number of nitrogens with zero attached hydrogens (tertiary/aromatic N) is 2. The fourth-order valence-corrected chi connectivity index (χ4v) is 1.94.